The largest absolute Gasteiger partial charge is 0.311 e. The van der Waals surface area contributed by atoms with E-state index in [2.05, 4.69) is 12.2 Å². The summed E-state index contributed by atoms with van der Waals surface area (Å²) in [5, 5.41) is 3.66. The predicted octanol–water partition coefficient (Wildman–Crippen LogP) is 1.93. The third-order valence-electron chi connectivity index (χ3n) is 3.06. The second-order valence-corrected chi connectivity index (χ2v) is 3.95. The first-order valence-corrected chi connectivity index (χ1v) is 4.62. The summed E-state index contributed by atoms with van der Waals surface area (Å²) in [6.45, 7) is 2.32. The second-order valence-electron chi connectivity index (χ2n) is 3.95. The number of hydrogen-bond donors (Lipinski definition) is 1. The van der Waals surface area contributed by atoms with Crippen molar-refractivity contribution in [2.24, 2.45) is 5.92 Å². The molecule has 1 aliphatic carbocycles. The van der Waals surface area contributed by atoms with Crippen LogP contribution in [0.3, 0.4) is 0 Å². The van der Waals surface area contributed by atoms with E-state index in [1.807, 2.05) is 0 Å². The Morgan fingerprint density at radius 3 is 2.80 bits per heavy atom. The molecule has 0 spiro atoms. The van der Waals surface area contributed by atoms with E-state index in [0.29, 0.717) is 0 Å². The van der Waals surface area contributed by atoms with Crippen molar-refractivity contribution in [3.63, 3.8) is 0 Å². The molecular weight excluding hydrogens is 122 g/mol. The Kier molecular flexibility index (Phi) is 1.69. The minimum atomic E-state index is 0.799. The molecule has 0 aromatic rings. The standard InChI is InChI=1S/C9H17N/c1-7-6-8-4-2-3-5-9(8)10-7/h7-10H,2-6H2,1H3. The molecule has 10 heavy (non-hydrogen) atoms. The lowest BCUT2D eigenvalue weighted by Crippen LogP contribution is -2.31. The zero-order valence-corrected chi connectivity index (χ0v) is 6.77. The van der Waals surface area contributed by atoms with Gasteiger partial charge in [-0.2, -0.15) is 0 Å². The molecule has 3 unspecified atom stereocenters. The van der Waals surface area contributed by atoms with Crippen molar-refractivity contribution in [1.82, 2.24) is 5.32 Å². The van der Waals surface area contributed by atoms with E-state index < -0.39 is 0 Å². The number of nitrogens with one attached hydrogen (secondary N) is 1. The first-order valence-electron chi connectivity index (χ1n) is 4.62. The van der Waals surface area contributed by atoms with Gasteiger partial charge in [0, 0.05) is 12.1 Å². The summed E-state index contributed by atoms with van der Waals surface area (Å²) >= 11 is 0. The molecule has 0 aromatic heterocycles. The maximum atomic E-state index is 3.66. The number of hydrogen-bond acceptors (Lipinski definition) is 1. The van der Waals surface area contributed by atoms with Crippen LogP contribution < -0.4 is 5.32 Å². The van der Waals surface area contributed by atoms with Crippen LogP contribution in [0.1, 0.15) is 39.0 Å². The zero-order valence-electron chi connectivity index (χ0n) is 6.77. The van der Waals surface area contributed by atoms with E-state index in [0.717, 1.165) is 18.0 Å². The minimum absolute atomic E-state index is 0.799. The summed E-state index contributed by atoms with van der Waals surface area (Å²) in [5.74, 6) is 1.03. The molecule has 1 heteroatoms. The SMILES string of the molecule is CC1CC2CCCCC2N1. The van der Waals surface area contributed by atoms with Crippen molar-refractivity contribution in [3.05, 3.63) is 0 Å². The lowest BCUT2D eigenvalue weighted by atomic mass is 9.85. The Morgan fingerprint density at radius 2 is 2.00 bits per heavy atom. The van der Waals surface area contributed by atoms with Crippen molar-refractivity contribution >= 4 is 0 Å². The van der Waals surface area contributed by atoms with E-state index in [1.165, 1.54) is 32.1 Å². The lowest BCUT2D eigenvalue weighted by Gasteiger charge is -2.24. The smallest absolute Gasteiger partial charge is 0.00983 e. The fraction of sp³-hybridized carbons (Fsp3) is 1.00. The third kappa shape index (κ3) is 1.07. The van der Waals surface area contributed by atoms with Gasteiger partial charge in [0.1, 0.15) is 0 Å². The van der Waals surface area contributed by atoms with Crippen LogP contribution in [-0.2, 0) is 0 Å². The van der Waals surface area contributed by atoms with E-state index in [1.54, 1.807) is 0 Å². The first-order chi connectivity index (χ1) is 4.86. The summed E-state index contributed by atoms with van der Waals surface area (Å²) in [7, 11) is 0. The van der Waals surface area contributed by atoms with Gasteiger partial charge in [0.15, 0.2) is 0 Å². The fourth-order valence-electron chi connectivity index (χ4n) is 2.60. The summed E-state index contributed by atoms with van der Waals surface area (Å²) < 4.78 is 0. The molecule has 58 valence electrons. The fourth-order valence-corrected chi connectivity index (χ4v) is 2.60. The predicted molar refractivity (Wildman–Crippen MR) is 43.0 cm³/mol. The van der Waals surface area contributed by atoms with Crippen LogP contribution in [0.25, 0.3) is 0 Å². The Bertz CT molecular complexity index is 108. The van der Waals surface area contributed by atoms with Gasteiger partial charge in [-0.25, -0.2) is 0 Å². The van der Waals surface area contributed by atoms with E-state index >= 15 is 0 Å². The molecule has 3 atom stereocenters. The van der Waals surface area contributed by atoms with Crippen LogP contribution in [0.5, 0.6) is 0 Å². The Hall–Kier alpha value is -0.0400. The van der Waals surface area contributed by atoms with Gasteiger partial charge in [-0.3, -0.25) is 0 Å². The molecule has 1 saturated carbocycles. The second kappa shape index (κ2) is 2.54. The molecule has 0 radical (unpaired) electrons. The van der Waals surface area contributed by atoms with Gasteiger partial charge in [0.25, 0.3) is 0 Å². The van der Waals surface area contributed by atoms with E-state index in [4.69, 9.17) is 0 Å². The summed E-state index contributed by atoms with van der Waals surface area (Å²) in [6, 6.07) is 1.69. The average Bonchev–Trinajstić information content (AvgIpc) is 2.27. The molecule has 2 aliphatic rings. The molecule has 1 heterocycles. The van der Waals surface area contributed by atoms with Crippen molar-refractivity contribution in [2.45, 2.75) is 51.1 Å². The van der Waals surface area contributed by atoms with Crippen molar-refractivity contribution in [1.29, 1.82) is 0 Å². The maximum absolute atomic E-state index is 3.66. The molecule has 0 amide bonds. The van der Waals surface area contributed by atoms with Crippen molar-refractivity contribution in [2.75, 3.05) is 0 Å². The Morgan fingerprint density at radius 1 is 1.20 bits per heavy atom. The monoisotopic (exact) mass is 139 g/mol. The number of fused-ring (bicyclic) bond motifs is 1. The molecule has 1 saturated heterocycles. The van der Waals surface area contributed by atoms with Gasteiger partial charge < -0.3 is 5.32 Å². The van der Waals surface area contributed by atoms with Gasteiger partial charge in [0.2, 0.25) is 0 Å². The highest BCUT2D eigenvalue weighted by atomic mass is 15.0. The third-order valence-corrected chi connectivity index (χ3v) is 3.06. The van der Waals surface area contributed by atoms with Crippen LogP contribution in [0.4, 0.5) is 0 Å². The normalized spacial score (nSPS) is 47.1. The highest BCUT2D eigenvalue weighted by Crippen LogP contribution is 2.32. The van der Waals surface area contributed by atoms with Gasteiger partial charge >= 0.3 is 0 Å². The number of rotatable bonds is 0. The Labute approximate surface area is 63.2 Å². The van der Waals surface area contributed by atoms with Crippen LogP contribution in [-0.4, -0.2) is 12.1 Å². The van der Waals surface area contributed by atoms with Crippen LogP contribution >= 0.6 is 0 Å². The van der Waals surface area contributed by atoms with Crippen LogP contribution in [0.2, 0.25) is 0 Å². The van der Waals surface area contributed by atoms with Crippen LogP contribution in [0.15, 0.2) is 0 Å². The molecule has 1 aliphatic heterocycles. The van der Waals surface area contributed by atoms with Gasteiger partial charge in [-0.15, -0.1) is 0 Å². The van der Waals surface area contributed by atoms with Gasteiger partial charge in [0.05, 0.1) is 0 Å². The zero-order chi connectivity index (χ0) is 6.97. The van der Waals surface area contributed by atoms with E-state index in [9.17, 15) is 0 Å². The minimum Gasteiger partial charge on any atom is -0.311 e. The maximum Gasteiger partial charge on any atom is 0.00983 e. The highest BCUT2D eigenvalue weighted by Gasteiger charge is 2.32. The van der Waals surface area contributed by atoms with Crippen molar-refractivity contribution in [3.8, 4) is 0 Å². The molecule has 0 aromatic carbocycles. The summed E-state index contributed by atoms with van der Waals surface area (Å²) in [5.41, 5.74) is 0. The molecule has 1 N–H and O–H groups in total. The first kappa shape index (κ1) is 6.66. The van der Waals surface area contributed by atoms with E-state index in [-0.39, 0.29) is 0 Å². The molecule has 1 nitrogen and oxygen atoms in total. The molecule has 2 fully saturated rings. The topological polar surface area (TPSA) is 12.0 Å². The quantitative estimate of drug-likeness (QED) is 0.540. The average molecular weight is 139 g/mol. The van der Waals surface area contributed by atoms with Gasteiger partial charge in [-0.05, 0) is 32.1 Å². The summed E-state index contributed by atoms with van der Waals surface area (Å²) in [6.07, 6.45) is 7.30. The lowest BCUT2D eigenvalue weighted by molar-refractivity contribution is 0.325. The Balaban J connectivity index is 1.97. The molecule has 0 bridgehead atoms. The molecular formula is C9H17N. The molecule has 2 rings (SSSR count). The van der Waals surface area contributed by atoms with Crippen LogP contribution in [0, 0.1) is 5.92 Å². The van der Waals surface area contributed by atoms with Gasteiger partial charge in [-0.1, -0.05) is 12.8 Å². The summed E-state index contributed by atoms with van der Waals surface area (Å²) in [4.78, 5) is 0. The highest BCUT2D eigenvalue weighted by molar-refractivity contribution is 4.90. The van der Waals surface area contributed by atoms with Crippen molar-refractivity contribution < 1.29 is 0 Å².